The second kappa shape index (κ2) is 11.7. The standard InChI is InChI=1S/C31H32F2N4O2/c1-19-5-14-27(20(2)17-19)21(3)36-30-29(34-15-16-35-30)24-8-12-26(13-9-24)37-28(39)18-23-6-10-25(11-7-23)31(32,33)22(4)38/h5-17,21-22,38H,18H2,1-4H3,(H,35,36)(H,37,39)/t21-,22?/m0/s1. The second-order valence-corrected chi connectivity index (χ2v) is 9.78. The van der Waals surface area contributed by atoms with Gasteiger partial charge in [0.05, 0.1) is 12.5 Å². The average Bonchev–Trinajstić information content (AvgIpc) is 2.89. The number of halogens is 2. The van der Waals surface area contributed by atoms with Crippen molar-refractivity contribution in [3.8, 4) is 11.3 Å². The third kappa shape index (κ3) is 6.64. The smallest absolute Gasteiger partial charge is 0.298 e. The number of aliphatic hydroxyl groups is 1. The van der Waals surface area contributed by atoms with Crippen molar-refractivity contribution >= 4 is 17.4 Å². The van der Waals surface area contributed by atoms with E-state index in [1.165, 1.54) is 41.0 Å². The van der Waals surface area contributed by atoms with Crippen LogP contribution in [0.4, 0.5) is 20.3 Å². The minimum absolute atomic E-state index is 0.0203. The van der Waals surface area contributed by atoms with E-state index in [0.29, 0.717) is 22.8 Å². The Kier molecular flexibility index (Phi) is 8.35. The van der Waals surface area contributed by atoms with E-state index >= 15 is 0 Å². The van der Waals surface area contributed by atoms with Crippen molar-refractivity contribution in [2.75, 3.05) is 10.6 Å². The molecular formula is C31H32F2N4O2. The second-order valence-electron chi connectivity index (χ2n) is 9.78. The predicted molar refractivity (Wildman–Crippen MR) is 150 cm³/mol. The summed E-state index contributed by atoms with van der Waals surface area (Å²) in [6.07, 6.45) is 1.51. The number of hydrogen-bond donors (Lipinski definition) is 3. The van der Waals surface area contributed by atoms with Gasteiger partial charge < -0.3 is 15.7 Å². The van der Waals surface area contributed by atoms with Gasteiger partial charge in [0.1, 0.15) is 11.8 Å². The SMILES string of the molecule is Cc1ccc([C@H](C)Nc2nccnc2-c2ccc(NC(=O)Cc3ccc(C(F)(F)C(C)O)cc3)cc2)c(C)c1. The van der Waals surface area contributed by atoms with Crippen LogP contribution in [0.15, 0.2) is 79.1 Å². The summed E-state index contributed by atoms with van der Waals surface area (Å²) in [5, 5.41) is 15.6. The summed E-state index contributed by atoms with van der Waals surface area (Å²) >= 11 is 0. The van der Waals surface area contributed by atoms with Gasteiger partial charge in [-0.1, -0.05) is 60.2 Å². The number of carbonyl (C=O) groups is 1. The van der Waals surface area contributed by atoms with Crippen LogP contribution in [0.3, 0.4) is 0 Å². The number of nitrogens with zero attached hydrogens (tertiary/aromatic N) is 2. The number of aromatic nitrogens is 2. The summed E-state index contributed by atoms with van der Waals surface area (Å²) in [6.45, 7) is 7.29. The molecule has 3 aromatic carbocycles. The minimum atomic E-state index is -3.35. The number of alkyl halides is 2. The van der Waals surface area contributed by atoms with Crippen molar-refractivity contribution in [2.45, 2.75) is 52.2 Å². The topological polar surface area (TPSA) is 87.1 Å². The predicted octanol–water partition coefficient (Wildman–Crippen LogP) is 6.59. The minimum Gasteiger partial charge on any atom is -0.387 e. The maximum absolute atomic E-state index is 14.0. The molecule has 2 atom stereocenters. The number of hydrogen-bond acceptors (Lipinski definition) is 5. The van der Waals surface area contributed by atoms with Crippen molar-refractivity contribution in [2.24, 2.45) is 0 Å². The Morgan fingerprint density at radius 3 is 2.26 bits per heavy atom. The first-order valence-corrected chi connectivity index (χ1v) is 12.7. The molecule has 0 aliphatic heterocycles. The molecule has 1 aromatic heterocycles. The number of anilines is 2. The Hall–Kier alpha value is -4.17. The van der Waals surface area contributed by atoms with Gasteiger partial charge in [-0.15, -0.1) is 0 Å². The lowest BCUT2D eigenvalue weighted by Gasteiger charge is -2.19. The first-order chi connectivity index (χ1) is 18.5. The summed E-state index contributed by atoms with van der Waals surface area (Å²) in [7, 11) is 0. The highest BCUT2D eigenvalue weighted by molar-refractivity contribution is 5.92. The van der Waals surface area contributed by atoms with Crippen LogP contribution in [0, 0.1) is 13.8 Å². The zero-order valence-electron chi connectivity index (χ0n) is 22.4. The third-order valence-electron chi connectivity index (χ3n) is 6.61. The number of amides is 1. The van der Waals surface area contributed by atoms with E-state index in [1.54, 1.807) is 24.5 Å². The molecule has 4 rings (SSSR count). The van der Waals surface area contributed by atoms with E-state index in [9.17, 15) is 18.7 Å². The lowest BCUT2D eigenvalue weighted by atomic mass is 10.00. The number of aliphatic hydroxyl groups excluding tert-OH is 1. The normalized spacial score (nSPS) is 13.0. The summed E-state index contributed by atoms with van der Waals surface area (Å²) in [4.78, 5) is 21.6. The van der Waals surface area contributed by atoms with Crippen LogP contribution in [-0.2, 0) is 17.1 Å². The zero-order chi connectivity index (χ0) is 28.2. The molecule has 0 radical (unpaired) electrons. The Bertz CT molecular complexity index is 1440. The Labute approximate surface area is 227 Å². The van der Waals surface area contributed by atoms with Crippen molar-refractivity contribution in [1.29, 1.82) is 0 Å². The third-order valence-corrected chi connectivity index (χ3v) is 6.61. The molecule has 1 unspecified atom stereocenters. The number of carbonyl (C=O) groups excluding carboxylic acids is 1. The molecular weight excluding hydrogens is 498 g/mol. The number of rotatable bonds is 9. The largest absolute Gasteiger partial charge is 0.387 e. The molecule has 202 valence electrons. The van der Waals surface area contributed by atoms with Gasteiger partial charge in [-0.05, 0) is 56.5 Å². The lowest BCUT2D eigenvalue weighted by Crippen LogP contribution is -2.27. The monoisotopic (exact) mass is 530 g/mol. The lowest BCUT2D eigenvalue weighted by molar-refractivity contribution is -0.115. The van der Waals surface area contributed by atoms with Gasteiger partial charge in [0.2, 0.25) is 5.91 Å². The summed E-state index contributed by atoms with van der Waals surface area (Å²) in [5.41, 5.74) is 6.03. The van der Waals surface area contributed by atoms with Crippen LogP contribution >= 0.6 is 0 Å². The van der Waals surface area contributed by atoms with Gasteiger partial charge in [0, 0.05) is 29.2 Å². The molecule has 8 heteroatoms. The quantitative estimate of drug-likeness (QED) is 0.227. The molecule has 0 aliphatic carbocycles. The van der Waals surface area contributed by atoms with Gasteiger partial charge >= 0.3 is 0 Å². The van der Waals surface area contributed by atoms with Crippen molar-refractivity contribution in [3.63, 3.8) is 0 Å². The fourth-order valence-corrected chi connectivity index (χ4v) is 4.44. The molecule has 0 saturated heterocycles. The van der Waals surface area contributed by atoms with Gasteiger partial charge in [-0.3, -0.25) is 9.78 Å². The number of nitrogens with one attached hydrogen (secondary N) is 2. The maximum atomic E-state index is 14.0. The maximum Gasteiger partial charge on any atom is 0.298 e. The van der Waals surface area contributed by atoms with Crippen LogP contribution in [0.25, 0.3) is 11.3 Å². The van der Waals surface area contributed by atoms with E-state index in [2.05, 4.69) is 59.6 Å². The molecule has 3 N–H and O–H groups in total. The highest BCUT2D eigenvalue weighted by Gasteiger charge is 2.37. The van der Waals surface area contributed by atoms with Gasteiger partial charge in [0.15, 0.2) is 5.82 Å². The van der Waals surface area contributed by atoms with E-state index in [4.69, 9.17) is 0 Å². The van der Waals surface area contributed by atoms with E-state index < -0.39 is 12.0 Å². The van der Waals surface area contributed by atoms with Crippen LogP contribution < -0.4 is 10.6 Å². The molecule has 0 aliphatic rings. The molecule has 0 spiro atoms. The van der Waals surface area contributed by atoms with E-state index in [0.717, 1.165) is 12.5 Å². The van der Waals surface area contributed by atoms with Gasteiger partial charge in [-0.25, -0.2) is 4.98 Å². The Morgan fingerprint density at radius 2 is 1.62 bits per heavy atom. The molecule has 6 nitrogen and oxygen atoms in total. The molecule has 0 bridgehead atoms. The van der Waals surface area contributed by atoms with Gasteiger partial charge in [-0.2, -0.15) is 8.78 Å². The highest BCUT2D eigenvalue weighted by atomic mass is 19.3. The summed E-state index contributed by atoms with van der Waals surface area (Å²) in [6, 6.07) is 19.1. The number of aryl methyl sites for hydroxylation is 2. The first kappa shape index (κ1) is 27.9. The van der Waals surface area contributed by atoms with Crippen LogP contribution in [0.5, 0.6) is 0 Å². The van der Waals surface area contributed by atoms with Crippen molar-refractivity contribution < 1.29 is 18.7 Å². The molecule has 0 fully saturated rings. The number of benzene rings is 3. The molecule has 0 saturated carbocycles. The molecule has 4 aromatic rings. The zero-order valence-corrected chi connectivity index (χ0v) is 22.4. The van der Waals surface area contributed by atoms with Crippen molar-refractivity contribution in [1.82, 2.24) is 9.97 Å². The van der Waals surface area contributed by atoms with Gasteiger partial charge in [0.25, 0.3) is 5.92 Å². The molecule has 39 heavy (non-hydrogen) atoms. The Morgan fingerprint density at radius 1 is 0.949 bits per heavy atom. The van der Waals surface area contributed by atoms with Crippen LogP contribution in [0.1, 0.15) is 47.7 Å². The Balaban J connectivity index is 1.42. The highest BCUT2D eigenvalue weighted by Crippen LogP contribution is 2.32. The molecule has 1 heterocycles. The van der Waals surface area contributed by atoms with E-state index in [-0.39, 0.29) is 23.9 Å². The summed E-state index contributed by atoms with van der Waals surface area (Å²) in [5.74, 6) is -2.97. The van der Waals surface area contributed by atoms with Crippen LogP contribution in [-0.4, -0.2) is 27.1 Å². The van der Waals surface area contributed by atoms with Crippen molar-refractivity contribution in [3.05, 3.63) is 107 Å². The molecule has 1 amide bonds. The summed E-state index contributed by atoms with van der Waals surface area (Å²) < 4.78 is 27.9. The van der Waals surface area contributed by atoms with E-state index in [1.807, 2.05) is 12.1 Å². The average molecular weight is 531 g/mol. The van der Waals surface area contributed by atoms with Crippen LogP contribution in [0.2, 0.25) is 0 Å². The fraction of sp³-hybridized carbons (Fsp3) is 0.258. The first-order valence-electron chi connectivity index (χ1n) is 12.7. The fourth-order valence-electron chi connectivity index (χ4n) is 4.44.